The lowest BCUT2D eigenvalue weighted by Gasteiger charge is -2.28. The molecule has 1 aliphatic carbocycles. The van der Waals surface area contributed by atoms with E-state index in [0.717, 1.165) is 16.6 Å². The second kappa shape index (κ2) is 4.56. The maximum Gasteiger partial charge on any atom is 0.248 e. The summed E-state index contributed by atoms with van der Waals surface area (Å²) >= 11 is 0. The van der Waals surface area contributed by atoms with Gasteiger partial charge in [0.25, 0.3) is 0 Å². The third-order valence-corrected chi connectivity index (χ3v) is 3.92. The van der Waals surface area contributed by atoms with Gasteiger partial charge in [-0.3, -0.25) is 4.68 Å². The molecule has 2 N–H and O–H groups in total. The highest BCUT2D eigenvalue weighted by molar-refractivity contribution is 5.82. The lowest BCUT2D eigenvalue weighted by molar-refractivity contribution is -0.0446. The predicted molar refractivity (Wildman–Crippen MR) is 70.1 cm³/mol. The monoisotopic (exact) mass is 265 g/mol. The molecule has 0 aliphatic heterocycles. The maximum atomic E-state index is 13.2. The molecule has 1 saturated carbocycles. The summed E-state index contributed by atoms with van der Waals surface area (Å²) < 4.78 is 28.4. The molecular formula is C14H17F2N3. The molecule has 3 nitrogen and oxygen atoms in total. The van der Waals surface area contributed by atoms with Gasteiger partial charge in [-0.15, -0.1) is 0 Å². The largest absolute Gasteiger partial charge is 0.325 e. The second-order valence-corrected chi connectivity index (χ2v) is 5.20. The van der Waals surface area contributed by atoms with Gasteiger partial charge in [-0.1, -0.05) is 18.2 Å². The first kappa shape index (κ1) is 12.5. The van der Waals surface area contributed by atoms with Crippen molar-refractivity contribution in [3.63, 3.8) is 0 Å². The summed E-state index contributed by atoms with van der Waals surface area (Å²) in [6.45, 7) is 0.371. The smallest absolute Gasteiger partial charge is 0.248 e. The van der Waals surface area contributed by atoms with Crippen molar-refractivity contribution >= 4 is 10.9 Å². The van der Waals surface area contributed by atoms with Crippen LogP contribution in [0.2, 0.25) is 0 Å². The van der Waals surface area contributed by atoms with E-state index in [1.807, 2.05) is 28.9 Å². The Morgan fingerprint density at radius 3 is 2.63 bits per heavy atom. The average Bonchev–Trinajstić information content (AvgIpc) is 2.78. The van der Waals surface area contributed by atoms with Crippen LogP contribution in [-0.2, 0) is 6.54 Å². The fourth-order valence-corrected chi connectivity index (χ4v) is 2.85. The number of nitrogens with zero attached hydrogens (tertiary/aromatic N) is 2. The van der Waals surface area contributed by atoms with E-state index in [-0.39, 0.29) is 18.9 Å². The number of halogens is 2. The first-order valence-electron chi connectivity index (χ1n) is 6.65. The molecule has 3 rings (SSSR count). The van der Waals surface area contributed by atoms with Crippen LogP contribution < -0.4 is 5.73 Å². The van der Waals surface area contributed by atoms with Crippen molar-refractivity contribution in [1.29, 1.82) is 0 Å². The van der Waals surface area contributed by atoms with Gasteiger partial charge in [-0.05, 0) is 18.9 Å². The molecule has 102 valence electrons. The molecule has 1 fully saturated rings. The van der Waals surface area contributed by atoms with Crippen LogP contribution in [0.3, 0.4) is 0 Å². The molecule has 5 heteroatoms. The third-order valence-electron chi connectivity index (χ3n) is 3.92. The fourth-order valence-electron chi connectivity index (χ4n) is 2.85. The van der Waals surface area contributed by atoms with Gasteiger partial charge in [0.2, 0.25) is 5.92 Å². The van der Waals surface area contributed by atoms with Crippen molar-refractivity contribution in [2.75, 3.05) is 0 Å². The summed E-state index contributed by atoms with van der Waals surface area (Å²) in [5.41, 5.74) is 7.55. The van der Waals surface area contributed by atoms with E-state index in [0.29, 0.717) is 19.4 Å². The fraction of sp³-hybridized carbons (Fsp3) is 0.500. The van der Waals surface area contributed by atoms with Crippen molar-refractivity contribution in [3.8, 4) is 0 Å². The molecule has 0 amide bonds. The Balaban J connectivity index is 1.97. The molecule has 1 aromatic carbocycles. The Labute approximate surface area is 110 Å². The summed E-state index contributed by atoms with van der Waals surface area (Å²) in [6.07, 6.45) is 0.846. The Kier molecular flexibility index (Phi) is 3.01. The van der Waals surface area contributed by atoms with E-state index < -0.39 is 5.92 Å². The van der Waals surface area contributed by atoms with Gasteiger partial charge in [0.15, 0.2) is 0 Å². The minimum atomic E-state index is -2.50. The predicted octanol–water partition coefficient (Wildman–Crippen LogP) is 3.25. The zero-order valence-corrected chi connectivity index (χ0v) is 10.6. The Bertz CT molecular complexity index is 581. The molecular weight excluding hydrogens is 248 g/mol. The summed E-state index contributed by atoms with van der Waals surface area (Å²) in [6, 6.07) is 7.91. The van der Waals surface area contributed by atoms with Crippen molar-refractivity contribution < 1.29 is 8.78 Å². The minimum absolute atomic E-state index is 0.0518. The summed E-state index contributed by atoms with van der Waals surface area (Å²) in [4.78, 5) is 0. The lowest BCUT2D eigenvalue weighted by atomic mass is 9.92. The van der Waals surface area contributed by atoms with Gasteiger partial charge in [0, 0.05) is 24.8 Å². The van der Waals surface area contributed by atoms with E-state index in [4.69, 9.17) is 5.73 Å². The highest BCUT2D eigenvalue weighted by atomic mass is 19.3. The number of para-hydroxylation sites is 1. The Hall–Kier alpha value is -1.49. The normalized spacial score (nSPS) is 19.9. The molecule has 1 aromatic heterocycles. The van der Waals surface area contributed by atoms with Crippen LogP contribution in [0, 0.1) is 0 Å². The number of fused-ring (bicyclic) bond motifs is 1. The van der Waals surface area contributed by atoms with E-state index in [1.54, 1.807) is 0 Å². The molecule has 0 atom stereocenters. The number of hydrogen-bond acceptors (Lipinski definition) is 2. The zero-order chi connectivity index (χ0) is 13.5. The van der Waals surface area contributed by atoms with Crippen molar-refractivity contribution in [2.45, 2.75) is 44.2 Å². The first-order chi connectivity index (χ1) is 9.11. The van der Waals surface area contributed by atoms with Gasteiger partial charge in [0.1, 0.15) is 0 Å². The quantitative estimate of drug-likeness (QED) is 0.905. The molecule has 0 unspecified atom stereocenters. The Morgan fingerprint density at radius 1 is 1.26 bits per heavy atom. The maximum absolute atomic E-state index is 13.2. The van der Waals surface area contributed by atoms with Gasteiger partial charge in [0.05, 0.1) is 17.3 Å². The average molecular weight is 265 g/mol. The van der Waals surface area contributed by atoms with E-state index in [9.17, 15) is 8.78 Å². The minimum Gasteiger partial charge on any atom is -0.325 e. The number of hydrogen-bond donors (Lipinski definition) is 1. The SMILES string of the molecule is NCc1nn(C2CCC(F)(F)CC2)c2ccccc12. The van der Waals surface area contributed by atoms with Gasteiger partial charge in [-0.2, -0.15) is 5.10 Å². The van der Waals surface area contributed by atoms with E-state index in [1.165, 1.54) is 0 Å². The molecule has 1 aliphatic rings. The molecule has 0 radical (unpaired) electrons. The van der Waals surface area contributed by atoms with Crippen LogP contribution in [0.15, 0.2) is 24.3 Å². The molecule has 1 heterocycles. The topological polar surface area (TPSA) is 43.8 Å². The van der Waals surface area contributed by atoms with E-state index in [2.05, 4.69) is 5.10 Å². The highest BCUT2D eigenvalue weighted by Gasteiger charge is 2.36. The molecule has 0 spiro atoms. The highest BCUT2D eigenvalue weighted by Crippen LogP contribution is 2.39. The number of aromatic nitrogens is 2. The van der Waals surface area contributed by atoms with Crippen LogP contribution in [0.25, 0.3) is 10.9 Å². The van der Waals surface area contributed by atoms with Crippen LogP contribution >= 0.6 is 0 Å². The number of benzene rings is 1. The standard InChI is InChI=1S/C14H17F2N3/c15-14(16)7-5-10(6-8-14)19-13-4-2-1-3-11(13)12(9-17)18-19/h1-4,10H,5-9,17H2. The molecule has 0 bridgehead atoms. The van der Waals surface area contributed by atoms with Crippen molar-refractivity contribution in [3.05, 3.63) is 30.0 Å². The third kappa shape index (κ3) is 2.23. The van der Waals surface area contributed by atoms with E-state index >= 15 is 0 Å². The first-order valence-corrected chi connectivity index (χ1v) is 6.65. The molecule has 0 saturated heterocycles. The lowest BCUT2D eigenvalue weighted by Crippen LogP contribution is -2.26. The van der Waals surface area contributed by atoms with Crippen molar-refractivity contribution in [1.82, 2.24) is 9.78 Å². The van der Waals surface area contributed by atoms with Gasteiger partial charge >= 0.3 is 0 Å². The van der Waals surface area contributed by atoms with Gasteiger partial charge in [-0.25, -0.2) is 8.78 Å². The second-order valence-electron chi connectivity index (χ2n) is 5.20. The summed E-state index contributed by atoms with van der Waals surface area (Å²) in [5.74, 6) is -2.50. The summed E-state index contributed by atoms with van der Waals surface area (Å²) in [7, 11) is 0. The van der Waals surface area contributed by atoms with Gasteiger partial charge < -0.3 is 5.73 Å². The summed E-state index contributed by atoms with van der Waals surface area (Å²) in [5, 5.41) is 5.56. The number of nitrogens with two attached hydrogens (primary N) is 1. The van der Waals surface area contributed by atoms with Crippen LogP contribution in [0.5, 0.6) is 0 Å². The van der Waals surface area contributed by atoms with Crippen LogP contribution in [-0.4, -0.2) is 15.7 Å². The van der Waals surface area contributed by atoms with Crippen LogP contribution in [0.4, 0.5) is 8.78 Å². The van der Waals surface area contributed by atoms with Crippen molar-refractivity contribution in [2.24, 2.45) is 5.73 Å². The number of alkyl halides is 2. The molecule has 2 aromatic rings. The molecule has 19 heavy (non-hydrogen) atoms. The van der Waals surface area contributed by atoms with Crippen LogP contribution in [0.1, 0.15) is 37.4 Å². The number of rotatable bonds is 2. The Morgan fingerprint density at radius 2 is 1.95 bits per heavy atom. The zero-order valence-electron chi connectivity index (χ0n) is 10.6.